The lowest BCUT2D eigenvalue weighted by molar-refractivity contribution is 0.589. The minimum atomic E-state index is 0. The zero-order chi connectivity index (χ0) is 12.4. The Morgan fingerprint density at radius 1 is 1.14 bits per heavy atom. The van der Waals surface area contributed by atoms with Gasteiger partial charge < -0.3 is 20.9 Å². The van der Waals surface area contributed by atoms with Gasteiger partial charge in [-0.25, -0.2) is 4.98 Å². The highest BCUT2D eigenvalue weighted by atomic mass is 35.5. The van der Waals surface area contributed by atoms with Crippen LogP contribution in [0.5, 0.6) is 0 Å². The van der Waals surface area contributed by atoms with Gasteiger partial charge in [0.05, 0.1) is 11.0 Å². The van der Waals surface area contributed by atoms with E-state index >= 15 is 0 Å². The maximum absolute atomic E-state index is 5.55. The Labute approximate surface area is 143 Å². The minimum absolute atomic E-state index is 0. The van der Waals surface area contributed by atoms with Crippen LogP contribution in [0.3, 0.4) is 0 Å². The molecule has 0 amide bonds. The topological polar surface area (TPSA) is 70.0 Å². The Kier molecular flexibility index (Phi) is 9.01. The molecule has 120 valence electrons. The Morgan fingerprint density at radius 3 is 2.52 bits per heavy atom. The molecule has 1 aliphatic rings. The molecular weight excluding hydrogens is 333 g/mol. The fraction of sp³-hybridized carbons (Fsp3) is 0.462. The van der Waals surface area contributed by atoms with Crippen LogP contribution in [-0.4, -0.2) is 42.7 Å². The second-order valence-corrected chi connectivity index (χ2v) is 4.66. The van der Waals surface area contributed by atoms with Crippen LogP contribution in [0.2, 0.25) is 0 Å². The van der Waals surface area contributed by atoms with E-state index in [-0.39, 0.29) is 37.2 Å². The van der Waals surface area contributed by atoms with Crippen molar-refractivity contribution in [2.45, 2.75) is 6.42 Å². The van der Waals surface area contributed by atoms with E-state index in [2.05, 4.69) is 38.4 Å². The second-order valence-electron chi connectivity index (χ2n) is 4.66. The first-order valence-electron chi connectivity index (χ1n) is 6.51. The smallest absolute Gasteiger partial charge is 0.108 e. The lowest BCUT2D eigenvalue weighted by Gasteiger charge is -2.29. The van der Waals surface area contributed by atoms with Gasteiger partial charge in [0.1, 0.15) is 5.82 Å². The molecule has 0 aliphatic carbocycles. The van der Waals surface area contributed by atoms with Crippen molar-refractivity contribution < 1.29 is 0 Å². The van der Waals surface area contributed by atoms with Gasteiger partial charge in [0.15, 0.2) is 0 Å². The number of aromatic nitrogens is 2. The van der Waals surface area contributed by atoms with Crippen molar-refractivity contribution in [3.63, 3.8) is 0 Å². The van der Waals surface area contributed by atoms with Crippen LogP contribution in [0.15, 0.2) is 18.2 Å². The van der Waals surface area contributed by atoms with Gasteiger partial charge in [0, 0.05) is 38.3 Å². The van der Waals surface area contributed by atoms with Crippen LogP contribution in [0.4, 0.5) is 5.69 Å². The molecule has 0 bridgehead atoms. The van der Waals surface area contributed by atoms with Gasteiger partial charge in [0.25, 0.3) is 0 Å². The van der Waals surface area contributed by atoms with Crippen molar-refractivity contribution >= 4 is 53.9 Å². The van der Waals surface area contributed by atoms with Crippen molar-refractivity contribution in [3.05, 3.63) is 24.0 Å². The Hall–Kier alpha value is -0.720. The van der Waals surface area contributed by atoms with Gasteiger partial charge in [-0.05, 0) is 24.7 Å². The van der Waals surface area contributed by atoms with E-state index < -0.39 is 0 Å². The number of nitrogens with two attached hydrogens (primary N) is 1. The fourth-order valence-electron chi connectivity index (χ4n) is 2.43. The van der Waals surface area contributed by atoms with Gasteiger partial charge in [-0.3, -0.25) is 0 Å². The molecule has 1 aliphatic heterocycles. The number of halogens is 3. The number of anilines is 1. The van der Waals surface area contributed by atoms with E-state index in [4.69, 9.17) is 5.73 Å². The van der Waals surface area contributed by atoms with Gasteiger partial charge in [0.2, 0.25) is 0 Å². The molecule has 2 aromatic rings. The maximum atomic E-state index is 5.55. The lowest BCUT2D eigenvalue weighted by Crippen LogP contribution is -2.43. The molecule has 1 saturated heterocycles. The first kappa shape index (κ1) is 20.3. The molecule has 3 rings (SSSR count). The number of imidazole rings is 1. The molecule has 2 heterocycles. The number of nitrogens with zero attached hydrogens (tertiary/aromatic N) is 2. The lowest BCUT2D eigenvalue weighted by atomic mass is 10.2. The summed E-state index contributed by atoms with van der Waals surface area (Å²) >= 11 is 0. The highest BCUT2D eigenvalue weighted by Crippen LogP contribution is 2.21. The van der Waals surface area contributed by atoms with E-state index in [1.807, 2.05) is 0 Å². The number of rotatable bonds is 3. The molecule has 0 saturated carbocycles. The second kappa shape index (κ2) is 9.33. The highest BCUT2D eigenvalue weighted by Gasteiger charge is 2.11. The normalized spacial score (nSPS) is 14.0. The first-order chi connectivity index (χ1) is 8.86. The van der Waals surface area contributed by atoms with Gasteiger partial charge in [-0.2, -0.15) is 0 Å². The summed E-state index contributed by atoms with van der Waals surface area (Å²) in [6.45, 7) is 4.87. The molecule has 21 heavy (non-hydrogen) atoms. The average Bonchev–Trinajstić information content (AvgIpc) is 2.81. The number of aromatic amines is 1. The van der Waals surface area contributed by atoms with Crippen LogP contribution in [0, 0.1) is 0 Å². The van der Waals surface area contributed by atoms with Crippen LogP contribution in [-0.2, 0) is 6.42 Å². The molecule has 1 aromatic carbocycles. The predicted molar refractivity (Wildman–Crippen MR) is 95.7 cm³/mol. The number of hydrogen-bond donors (Lipinski definition) is 3. The minimum Gasteiger partial charge on any atom is -0.369 e. The molecule has 1 aromatic heterocycles. The van der Waals surface area contributed by atoms with Crippen molar-refractivity contribution in [3.8, 4) is 0 Å². The summed E-state index contributed by atoms with van der Waals surface area (Å²) < 4.78 is 0. The van der Waals surface area contributed by atoms with Crippen LogP contribution < -0.4 is 16.0 Å². The third-order valence-corrected chi connectivity index (χ3v) is 3.38. The van der Waals surface area contributed by atoms with E-state index in [9.17, 15) is 0 Å². The molecule has 5 nitrogen and oxygen atoms in total. The van der Waals surface area contributed by atoms with Crippen LogP contribution in [0.25, 0.3) is 11.0 Å². The zero-order valence-electron chi connectivity index (χ0n) is 11.7. The summed E-state index contributed by atoms with van der Waals surface area (Å²) in [4.78, 5) is 10.3. The number of piperazine rings is 1. The molecule has 0 unspecified atom stereocenters. The van der Waals surface area contributed by atoms with E-state index in [0.29, 0.717) is 6.54 Å². The van der Waals surface area contributed by atoms with Crippen molar-refractivity contribution in [2.75, 3.05) is 37.6 Å². The Balaban J connectivity index is 0.00000133. The first-order valence-corrected chi connectivity index (χ1v) is 6.51. The number of benzene rings is 1. The maximum Gasteiger partial charge on any atom is 0.108 e. The predicted octanol–water partition coefficient (Wildman–Crippen LogP) is 1.74. The summed E-state index contributed by atoms with van der Waals surface area (Å²) in [7, 11) is 0. The zero-order valence-corrected chi connectivity index (χ0v) is 14.1. The quantitative estimate of drug-likeness (QED) is 0.785. The summed E-state index contributed by atoms with van der Waals surface area (Å²) in [6, 6.07) is 6.43. The number of fused-ring (bicyclic) bond motifs is 1. The van der Waals surface area contributed by atoms with Crippen molar-refractivity contribution in [1.82, 2.24) is 15.3 Å². The number of hydrogen-bond acceptors (Lipinski definition) is 4. The summed E-state index contributed by atoms with van der Waals surface area (Å²) in [5.41, 5.74) is 8.96. The fourth-order valence-corrected chi connectivity index (χ4v) is 2.43. The van der Waals surface area contributed by atoms with Gasteiger partial charge >= 0.3 is 0 Å². The van der Waals surface area contributed by atoms with E-state index in [0.717, 1.165) is 49.5 Å². The molecule has 0 spiro atoms. The van der Waals surface area contributed by atoms with E-state index in [1.54, 1.807) is 0 Å². The summed E-state index contributed by atoms with van der Waals surface area (Å²) in [5, 5.41) is 3.37. The van der Waals surface area contributed by atoms with Gasteiger partial charge in [-0.1, -0.05) is 0 Å². The Morgan fingerprint density at radius 2 is 1.86 bits per heavy atom. The third kappa shape index (κ3) is 4.63. The van der Waals surface area contributed by atoms with Crippen LogP contribution in [0.1, 0.15) is 5.82 Å². The largest absolute Gasteiger partial charge is 0.369 e. The monoisotopic (exact) mass is 353 g/mol. The molecule has 0 radical (unpaired) electrons. The van der Waals surface area contributed by atoms with E-state index in [1.165, 1.54) is 5.69 Å². The highest BCUT2D eigenvalue weighted by molar-refractivity contribution is 5.86. The van der Waals surface area contributed by atoms with Crippen molar-refractivity contribution in [1.29, 1.82) is 0 Å². The average molecular weight is 355 g/mol. The van der Waals surface area contributed by atoms with Gasteiger partial charge in [-0.15, -0.1) is 37.2 Å². The third-order valence-electron chi connectivity index (χ3n) is 3.38. The van der Waals surface area contributed by atoms with Crippen molar-refractivity contribution in [2.24, 2.45) is 5.73 Å². The SMILES string of the molecule is Cl.Cl.Cl.NCCc1nc2ccc(N3CCNCC3)cc2[nH]1. The summed E-state index contributed by atoms with van der Waals surface area (Å²) in [5.74, 6) is 0.977. The number of H-pyrrole nitrogens is 1. The molecule has 8 heteroatoms. The number of nitrogens with one attached hydrogen (secondary N) is 2. The van der Waals surface area contributed by atoms with Crippen LogP contribution >= 0.6 is 37.2 Å². The standard InChI is InChI=1S/C13H19N5.3ClH/c14-4-3-13-16-11-2-1-10(9-12(11)17-13)18-7-5-15-6-8-18;;;/h1-2,9,15H,3-8,14H2,(H,16,17);3*1H. The summed E-state index contributed by atoms with van der Waals surface area (Å²) in [6.07, 6.45) is 0.803. The molecule has 4 N–H and O–H groups in total. The molecule has 0 atom stereocenters. The molecular formula is C13H22Cl3N5. The Bertz CT molecular complexity index is 540. The molecule has 1 fully saturated rings.